The number of alkyl halides is 3. The van der Waals surface area contributed by atoms with Gasteiger partial charge in [-0.2, -0.15) is 22.8 Å². The molecule has 0 bridgehead atoms. The Labute approximate surface area is 188 Å². The molecule has 3 aromatic heterocycles. The highest BCUT2D eigenvalue weighted by molar-refractivity contribution is 5.76. The second-order valence-electron chi connectivity index (χ2n) is 7.39. The van der Waals surface area contributed by atoms with E-state index in [-0.39, 0.29) is 23.9 Å². The van der Waals surface area contributed by atoms with Gasteiger partial charge in [-0.05, 0) is 48.5 Å². The van der Waals surface area contributed by atoms with Gasteiger partial charge < -0.3 is 14.8 Å². The highest BCUT2D eigenvalue weighted by Gasteiger charge is 2.50. The first-order valence-electron chi connectivity index (χ1n) is 9.88. The van der Waals surface area contributed by atoms with Crippen molar-refractivity contribution >= 4 is 17.4 Å². The third kappa shape index (κ3) is 4.07. The standard InChI is InChI=1S/C21H14F4N6O3/c22-13-5-3-12(4-6-13)14-7-8-16-28-29-17(31(16)30-14)10-20(34-19(32)21(23,24)25)11-27-18-15(33-20)2-1-9-26-18/h1-9H,10-11H2,(H,26,27). The number of benzene rings is 1. The Bertz CT molecular complexity index is 1380. The monoisotopic (exact) mass is 474 g/mol. The van der Waals surface area contributed by atoms with Gasteiger partial charge >= 0.3 is 12.1 Å². The van der Waals surface area contributed by atoms with E-state index >= 15 is 0 Å². The van der Waals surface area contributed by atoms with Crippen LogP contribution in [0.25, 0.3) is 16.9 Å². The number of hydrogen-bond acceptors (Lipinski definition) is 8. The number of carbonyl (C=O) groups excluding carboxylic acids is 1. The lowest BCUT2D eigenvalue weighted by Gasteiger charge is -2.37. The van der Waals surface area contributed by atoms with E-state index in [1.54, 1.807) is 12.1 Å². The zero-order valence-electron chi connectivity index (χ0n) is 17.1. The average molecular weight is 474 g/mol. The second kappa shape index (κ2) is 7.93. The van der Waals surface area contributed by atoms with Crippen LogP contribution in [0.3, 0.4) is 0 Å². The van der Waals surface area contributed by atoms with E-state index in [0.717, 1.165) is 0 Å². The summed E-state index contributed by atoms with van der Waals surface area (Å²) in [6, 6.07) is 11.8. The van der Waals surface area contributed by atoms with Crippen molar-refractivity contribution in [3.05, 3.63) is 66.4 Å². The molecule has 1 aromatic carbocycles. The fraction of sp³-hybridized carbons (Fsp3) is 0.190. The summed E-state index contributed by atoms with van der Waals surface area (Å²) in [6.45, 7) is -0.342. The lowest BCUT2D eigenvalue weighted by atomic mass is 10.1. The molecule has 0 fully saturated rings. The van der Waals surface area contributed by atoms with Crippen molar-refractivity contribution in [1.29, 1.82) is 0 Å². The molecule has 0 spiro atoms. The highest BCUT2D eigenvalue weighted by atomic mass is 19.4. The maximum absolute atomic E-state index is 13.3. The number of hydrogen-bond donors (Lipinski definition) is 1. The number of fused-ring (bicyclic) bond motifs is 2. The lowest BCUT2D eigenvalue weighted by molar-refractivity contribution is -0.238. The molecule has 0 saturated carbocycles. The maximum atomic E-state index is 13.3. The van der Waals surface area contributed by atoms with Crippen LogP contribution in [0.4, 0.5) is 23.4 Å². The van der Waals surface area contributed by atoms with Gasteiger partial charge in [0.2, 0.25) is 0 Å². The summed E-state index contributed by atoms with van der Waals surface area (Å²) in [7, 11) is 0. The largest absolute Gasteiger partial charge is 0.491 e. The number of ether oxygens (including phenoxy) is 2. The highest BCUT2D eigenvalue weighted by Crippen LogP contribution is 2.35. The van der Waals surface area contributed by atoms with Gasteiger partial charge in [0.25, 0.3) is 5.79 Å². The number of aromatic nitrogens is 5. The first-order valence-corrected chi connectivity index (χ1v) is 9.88. The van der Waals surface area contributed by atoms with Gasteiger partial charge in [-0.3, -0.25) is 0 Å². The minimum absolute atomic E-state index is 0.0723. The molecule has 34 heavy (non-hydrogen) atoms. The summed E-state index contributed by atoms with van der Waals surface area (Å²) in [5, 5.41) is 15.2. The summed E-state index contributed by atoms with van der Waals surface area (Å²) in [5.41, 5.74) is 1.33. The van der Waals surface area contributed by atoms with Crippen molar-refractivity contribution in [2.45, 2.75) is 18.4 Å². The van der Waals surface area contributed by atoms with E-state index in [1.807, 2.05) is 0 Å². The summed E-state index contributed by atoms with van der Waals surface area (Å²) in [6.07, 6.45) is -4.19. The third-order valence-corrected chi connectivity index (χ3v) is 5.00. The van der Waals surface area contributed by atoms with E-state index < -0.39 is 30.2 Å². The molecule has 4 heterocycles. The van der Waals surface area contributed by atoms with Crippen molar-refractivity contribution in [3.8, 4) is 17.0 Å². The fourth-order valence-corrected chi connectivity index (χ4v) is 3.44. The molecular weight excluding hydrogens is 460 g/mol. The quantitative estimate of drug-likeness (QED) is 0.356. The van der Waals surface area contributed by atoms with E-state index in [1.165, 1.54) is 47.1 Å². The van der Waals surface area contributed by atoms with Gasteiger partial charge in [-0.25, -0.2) is 14.2 Å². The number of carbonyl (C=O) groups is 1. The molecule has 1 atom stereocenters. The van der Waals surface area contributed by atoms with Crippen molar-refractivity contribution in [2.75, 3.05) is 11.9 Å². The first kappa shape index (κ1) is 21.6. The first-order chi connectivity index (χ1) is 16.2. The molecule has 0 saturated heterocycles. The normalized spacial score (nSPS) is 17.5. The Kier molecular flexibility index (Phi) is 5.03. The number of rotatable bonds is 4. The summed E-state index contributed by atoms with van der Waals surface area (Å²) < 4.78 is 64.2. The molecule has 5 rings (SSSR count). The second-order valence-corrected chi connectivity index (χ2v) is 7.39. The number of nitrogens with zero attached hydrogens (tertiary/aromatic N) is 5. The van der Waals surface area contributed by atoms with Crippen LogP contribution in [0.5, 0.6) is 5.75 Å². The van der Waals surface area contributed by atoms with Crippen LogP contribution in [0.15, 0.2) is 54.7 Å². The smallest absolute Gasteiger partial charge is 0.446 e. The van der Waals surface area contributed by atoms with Crippen LogP contribution < -0.4 is 10.1 Å². The molecule has 0 radical (unpaired) electrons. The molecule has 4 aromatic rings. The van der Waals surface area contributed by atoms with Crippen molar-refractivity contribution < 1.29 is 31.8 Å². The Morgan fingerprint density at radius 1 is 1.15 bits per heavy atom. The minimum atomic E-state index is -5.24. The Balaban J connectivity index is 1.53. The summed E-state index contributed by atoms with van der Waals surface area (Å²) in [5.74, 6) is -4.50. The Morgan fingerprint density at radius 2 is 1.94 bits per heavy atom. The van der Waals surface area contributed by atoms with Gasteiger partial charge in [-0.1, -0.05) is 0 Å². The van der Waals surface area contributed by atoms with Gasteiger partial charge in [0.15, 0.2) is 23.0 Å². The van der Waals surface area contributed by atoms with Crippen LogP contribution in [-0.2, 0) is 16.0 Å². The van der Waals surface area contributed by atoms with Crippen LogP contribution in [0.2, 0.25) is 0 Å². The van der Waals surface area contributed by atoms with E-state index in [4.69, 9.17) is 9.47 Å². The van der Waals surface area contributed by atoms with Gasteiger partial charge in [0, 0.05) is 11.8 Å². The van der Waals surface area contributed by atoms with Gasteiger partial charge in [-0.15, -0.1) is 10.2 Å². The zero-order valence-corrected chi connectivity index (χ0v) is 17.1. The predicted molar refractivity (Wildman–Crippen MR) is 108 cm³/mol. The van der Waals surface area contributed by atoms with Crippen LogP contribution in [-0.4, -0.2) is 49.3 Å². The number of esters is 1. The van der Waals surface area contributed by atoms with Crippen molar-refractivity contribution in [2.24, 2.45) is 0 Å². The third-order valence-electron chi connectivity index (χ3n) is 5.00. The Morgan fingerprint density at radius 3 is 2.71 bits per heavy atom. The molecule has 1 unspecified atom stereocenters. The van der Waals surface area contributed by atoms with Crippen LogP contribution in [0.1, 0.15) is 5.82 Å². The molecule has 9 nitrogen and oxygen atoms in total. The number of anilines is 1. The lowest BCUT2D eigenvalue weighted by Crippen LogP contribution is -2.53. The molecule has 0 aliphatic carbocycles. The van der Waals surface area contributed by atoms with E-state index in [0.29, 0.717) is 16.9 Å². The number of nitrogens with one attached hydrogen (secondary N) is 1. The summed E-state index contributed by atoms with van der Waals surface area (Å²) in [4.78, 5) is 15.8. The molecule has 1 N–H and O–H groups in total. The zero-order chi connectivity index (χ0) is 23.9. The van der Waals surface area contributed by atoms with Gasteiger partial charge in [0.1, 0.15) is 5.82 Å². The fourth-order valence-electron chi connectivity index (χ4n) is 3.44. The number of halogens is 4. The number of pyridine rings is 1. The van der Waals surface area contributed by atoms with Crippen LogP contribution >= 0.6 is 0 Å². The molecule has 1 aliphatic heterocycles. The summed E-state index contributed by atoms with van der Waals surface area (Å²) >= 11 is 0. The van der Waals surface area contributed by atoms with Crippen molar-refractivity contribution in [3.63, 3.8) is 0 Å². The molecule has 0 amide bonds. The molecular formula is C21H14F4N6O3. The maximum Gasteiger partial charge on any atom is 0.491 e. The van der Waals surface area contributed by atoms with Crippen LogP contribution in [0, 0.1) is 5.82 Å². The predicted octanol–water partition coefficient (Wildman–Crippen LogP) is 3.17. The molecule has 1 aliphatic rings. The SMILES string of the molecule is O=C(OC1(Cc2nnc3ccc(-c4ccc(F)cc4)nn23)CNc2ncccc2O1)C(F)(F)F. The molecule has 13 heteroatoms. The Hall–Kier alpha value is -4.29. The molecule has 174 valence electrons. The average Bonchev–Trinajstić information content (AvgIpc) is 3.20. The topological polar surface area (TPSA) is 104 Å². The van der Waals surface area contributed by atoms with Gasteiger partial charge in [0.05, 0.1) is 18.7 Å². The van der Waals surface area contributed by atoms with E-state index in [9.17, 15) is 22.4 Å². The minimum Gasteiger partial charge on any atom is -0.446 e. The van der Waals surface area contributed by atoms with Crippen molar-refractivity contribution in [1.82, 2.24) is 24.8 Å². The van der Waals surface area contributed by atoms with E-state index in [2.05, 4.69) is 25.6 Å².